The topological polar surface area (TPSA) is 77.5 Å². The number of ether oxygens (including phenoxy) is 2. The Kier molecular flexibility index (Phi) is 3.45. The molecule has 0 aromatic carbocycles. The second-order valence-corrected chi connectivity index (χ2v) is 4.01. The molecule has 1 saturated heterocycles. The third-order valence-electron chi connectivity index (χ3n) is 2.96. The second-order valence-electron chi connectivity index (χ2n) is 4.01. The van der Waals surface area contributed by atoms with E-state index in [9.17, 15) is 9.59 Å². The number of hydrogen-bond acceptors (Lipinski definition) is 5. The van der Waals surface area contributed by atoms with E-state index in [1.807, 2.05) is 0 Å². The molecular formula is C12H14N2O4. The third kappa shape index (κ3) is 2.27. The Morgan fingerprint density at radius 2 is 2.28 bits per heavy atom. The van der Waals surface area contributed by atoms with Crippen molar-refractivity contribution in [3.63, 3.8) is 0 Å². The molecule has 0 bridgehead atoms. The highest BCUT2D eigenvalue weighted by atomic mass is 16.5. The first-order chi connectivity index (χ1) is 8.65. The molecule has 1 aliphatic rings. The molecule has 1 amide bonds. The van der Waals surface area contributed by atoms with Crippen LogP contribution in [0, 0.1) is 5.92 Å². The fraction of sp³-hybridized carbons (Fsp3) is 0.417. The molecule has 1 aromatic rings. The average molecular weight is 250 g/mol. The summed E-state index contributed by atoms with van der Waals surface area (Å²) in [5, 5.41) is 2.76. The zero-order chi connectivity index (χ0) is 13.1. The summed E-state index contributed by atoms with van der Waals surface area (Å²) in [6.07, 6.45) is 1.72. The molecule has 1 N–H and O–H groups in total. The summed E-state index contributed by atoms with van der Waals surface area (Å²) in [4.78, 5) is 27.1. The molecule has 0 saturated carbocycles. The van der Waals surface area contributed by atoms with Gasteiger partial charge >= 0.3 is 5.97 Å². The molecule has 6 nitrogen and oxygen atoms in total. The second kappa shape index (κ2) is 5.03. The Labute approximate surface area is 104 Å². The number of carbonyl (C=O) groups is 2. The molecule has 0 radical (unpaired) electrons. The maximum atomic E-state index is 11.6. The van der Waals surface area contributed by atoms with Crippen molar-refractivity contribution in [2.75, 3.05) is 14.2 Å². The van der Waals surface area contributed by atoms with Crippen LogP contribution in [0.15, 0.2) is 18.3 Å². The summed E-state index contributed by atoms with van der Waals surface area (Å²) < 4.78 is 9.74. The van der Waals surface area contributed by atoms with Crippen molar-refractivity contribution in [2.45, 2.75) is 12.5 Å². The van der Waals surface area contributed by atoms with Crippen molar-refractivity contribution in [1.82, 2.24) is 10.3 Å². The number of esters is 1. The number of pyridine rings is 1. The van der Waals surface area contributed by atoms with Gasteiger partial charge in [0.1, 0.15) is 0 Å². The average Bonchev–Trinajstić information content (AvgIpc) is 2.80. The molecular weight excluding hydrogens is 236 g/mol. The Balaban J connectivity index is 2.29. The van der Waals surface area contributed by atoms with Gasteiger partial charge in [-0.1, -0.05) is 0 Å². The minimum atomic E-state index is -0.505. The van der Waals surface area contributed by atoms with Crippen molar-refractivity contribution in [2.24, 2.45) is 5.92 Å². The van der Waals surface area contributed by atoms with Crippen molar-refractivity contribution in [3.05, 3.63) is 23.9 Å². The molecule has 0 aliphatic carbocycles. The van der Waals surface area contributed by atoms with Gasteiger partial charge in [-0.2, -0.15) is 0 Å². The van der Waals surface area contributed by atoms with Crippen LogP contribution in [0.2, 0.25) is 0 Å². The van der Waals surface area contributed by atoms with Crippen LogP contribution in [-0.2, 0) is 14.3 Å². The van der Waals surface area contributed by atoms with Crippen LogP contribution < -0.4 is 10.1 Å². The maximum Gasteiger partial charge on any atom is 0.311 e. The molecule has 2 unspecified atom stereocenters. The van der Waals surface area contributed by atoms with Gasteiger partial charge in [0.2, 0.25) is 11.8 Å². The lowest BCUT2D eigenvalue weighted by Crippen LogP contribution is -2.25. The quantitative estimate of drug-likeness (QED) is 0.788. The maximum absolute atomic E-state index is 11.6. The first-order valence-electron chi connectivity index (χ1n) is 5.53. The van der Waals surface area contributed by atoms with Crippen LogP contribution >= 0.6 is 0 Å². The Bertz CT molecular complexity index is 475. The SMILES string of the molecule is COC(=O)C1CC(=O)NC1c1ccnc(OC)c1. The Morgan fingerprint density at radius 3 is 2.94 bits per heavy atom. The fourth-order valence-electron chi connectivity index (χ4n) is 2.07. The van der Waals surface area contributed by atoms with Crippen LogP contribution in [0.5, 0.6) is 5.88 Å². The number of rotatable bonds is 3. The van der Waals surface area contributed by atoms with E-state index >= 15 is 0 Å². The number of nitrogens with zero attached hydrogens (tertiary/aromatic N) is 1. The molecule has 2 heterocycles. The third-order valence-corrected chi connectivity index (χ3v) is 2.96. The number of hydrogen-bond donors (Lipinski definition) is 1. The smallest absolute Gasteiger partial charge is 0.311 e. The van der Waals surface area contributed by atoms with E-state index in [1.54, 1.807) is 18.3 Å². The monoisotopic (exact) mass is 250 g/mol. The lowest BCUT2D eigenvalue weighted by atomic mass is 9.95. The number of nitrogens with one attached hydrogen (secondary N) is 1. The summed E-state index contributed by atoms with van der Waals surface area (Å²) in [5.74, 6) is -0.618. The molecule has 6 heteroatoms. The van der Waals surface area contributed by atoms with E-state index in [0.717, 1.165) is 5.56 Å². The van der Waals surface area contributed by atoms with E-state index in [4.69, 9.17) is 9.47 Å². The largest absolute Gasteiger partial charge is 0.481 e. The van der Waals surface area contributed by atoms with Gasteiger partial charge in [-0.15, -0.1) is 0 Å². The Morgan fingerprint density at radius 1 is 1.50 bits per heavy atom. The van der Waals surface area contributed by atoms with E-state index < -0.39 is 11.9 Å². The predicted octanol–water partition coefficient (Wildman–Crippen LogP) is 0.440. The zero-order valence-electron chi connectivity index (χ0n) is 10.2. The van der Waals surface area contributed by atoms with Crippen LogP contribution in [0.1, 0.15) is 18.0 Å². The first-order valence-corrected chi connectivity index (χ1v) is 5.53. The number of methoxy groups -OCH3 is 2. The van der Waals surface area contributed by atoms with Crippen molar-refractivity contribution in [1.29, 1.82) is 0 Å². The highest BCUT2D eigenvalue weighted by molar-refractivity contribution is 5.87. The zero-order valence-corrected chi connectivity index (χ0v) is 10.2. The highest BCUT2D eigenvalue weighted by Crippen LogP contribution is 2.32. The van der Waals surface area contributed by atoms with Crippen molar-refractivity contribution < 1.29 is 19.1 Å². The van der Waals surface area contributed by atoms with Gasteiger partial charge in [0, 0.05) is 18.7 Å². The molecule has 0 spiro atoms. The van der Waals surface area contributed by atoms with Gasteiger partial charge in [-0.3, -0.25) is 9.59 Å². The number of amides is 1. The van der Waals surface area contributed by atoms with Crippen LogP contribution in [0.4, 0.5) is 0 Å². The number of carbonyl (C=O) groups excluding carboxylic acids is 2. The minimum absolute atomic E-state index is 0.141. The highest BCUT2D eigenvalue weighted by Gasteiger charge is 2.39. The van der Waals surface area contributed by atoms with Crippen LogP contribution in [-0.4, -0.2) is 31.1 Å². The van der Waals surface area contributed by atoms with Crippen molar-refractivity contribution in [3.8, 4) is 5.88 Å². The molecule has 1 fully saturated rings. The molecule has 2 atom stereocenters. The first kappa shape index (κ1) is 12.3. The molecule has 1 aliphatic heterocycles. The van der Waals surface area contributed by atoms with E-state index in [1.165, 1.54) is 14.2 Å². The lowest BCUT2D eigenvalue weighted by Gasteiger charge is -2.17. The van der Waals surface area contributed by atoms with Gasteiger partial charge in [0.15, 0.2) is 0 Å². The predicted molar refractivity (Wildman–Crippen MR) is 61.8 cm³/mol. The molecule has 96 valence electrons. The summed E-state index contributed by atoms with van der Waals surface area (Å²) in [6, 6.07) is 3.06. The molecule has 1 aromatic heterocycles. The number of aromatic nitrogens is 1. The molecule has 2 rings (SSSR count). The fourth-order valence-corrected chi connectivity index (χ4v) is 2.07. The Hall–Kier alpha value is -2.11. The summed E-state index contributed by atoms with van der Waals surface area (Å²) in [6.45, 7) is 0. The van der Waals surface area contributed by atoms with Gasteiger partial charge < -0.3 is 14.8 Å². The van der Waals surface area contributed by atoms with E-state index in [0.29, 0.717) is 5.88 Å². The summed E-state index contributed by atoms with van der Waals surface area (Å²) >= 11 is 0. The van der Waals surface area contributed by atoms with E-state index in [-0.39, 0.29) is 18.4 Å². The van der Waals surface area contributed by atoms with Crippen LogP contribution in [0.3, 0.4) is 0 Å². The summed E-state index contributed by atoms with van der Waals surface area (Å²) in [5.41, 5.74) is 0.781. The van der Waals surface area contributed by atoms with Crippen LogP contribution in [0.25, 0.3) is 0 Å². The lowest BCUT2D eigenvalue weighted by molar-refractivity contribution is -0.146. The normalized spacial score (nSPS) is 22.4. The van der Waals surface area contributed by atoms with Gasteiger partial charge in [-0.25, -0.2) is 4.98 Å². The van der Waals surface area contributed by atoms with Gasteiger partial charge in [0.25, 0.3) is 0 Å². The van der Waals surface area contributed by atoms with Crippen molar-refractivity contribution >= 4 is 11.9 Å². The standard InChI is InChI=1S/C12H14N2O4/c1-17-10-5-7(3-4-13-10)11-8(12(16)18-2)6-9(15)14-11/h3-5,8,11H,6H2,1-2H3,(H,14,15). The van der Waals surface area contributed by atoms with Gasteiger partial charge in [-0.05, 0) is 11.6 Å². The summed E-state index contributed by atoms with van der Waals surface area (Å²) in [7, 11) is 2.83. The minimum Gasteiger partial charge on any atom is -0.481 e. The molecule has 18 heavy (non-hydrogen) atoms. The van der Waals surface area contributed by atoms with E-state index in [2.05, 4.69) is 10.3 Å². The van der Waals surface area contributed by atoms with Gasteiger partial charge in [0.05, 0.1) is 26.2 Å².